The molecule has 9 heteroatoms. The molecule has 1 aliphatic rings. The number of carbonyl (C=O) groups excluding carboxylic acids is 1. The number of carbonyl (C=O) groups is 1. The Morgan fingerprint density at radius 1 is 1.48 bits per heavy atom. The number of halogens is 3. The van der Waals surface area contributed by atoms with Crippen molar-refractivity contribution in [3.05, 3.63) is 18.2 Å². The Balaban J connectivity index is 1.91. The Kier molecular flexibility index (Phi) is 5.51. The zero-order chi connectivity index (χ0) is 17.0. The van der Waals surface area contributed by atoms with Gasteiger partial charge in [-0.25, -0.2) is 9.78 Å². The molecule has 0 spiro atoms. The van der Waals surface area contributed by atoms with E-state index in [-0.39, 0.29) is 30.6 Å². The second-order valence-electron chi connectivity index (χ2n) is 5.63. The molecule has 0 saturated carbocycles. The van der Waals surface area contributed by atoms with Crippen molar-refractivity contribution in [1.29, 1.82) is 0 Å². The summed E-state index contributed by atoms with van der Waals surface area (Å²) in [5.74, 6) is 0.170. The molecule has 1 aromatic rings. The molecule has 0 aromatic carbocycles. The van der Waals surface area contributed by atoms with Gasteiger partial charge in [-0.3, -0.25) is 0 Å². The van der Waals surface area contributed by atoms with Crippen LogP contribution in [0.5, 0.6) is 0 Å². The van der Waals surface area contributed by atoms with Gasteiger partial charge in [0.05, 0.1) is 18.8 Å². The van der Waals surface area contributed by atoms with Gasteiger partial charge in [0.25, 0.3) is 0 Å². The molecule has 23 heavy (non-hydrogen) atoms. The van der Waals surface area contributed by atoms with Gasteiger partial charge in [-0.05, 0) is 13.3 Å². The van der Waals surface area contributed by atoms with Crippen molar-refractivity contribution in [3.8, 4) is 0 Å². The zero-order valence-corrected chi connectivity index (χ0v) is 13.1. The van der Waals surface area contributed by atoms with Crippen molar-refractivity contribution in [1.82, 2.24) is 19.8 Å². The predicted octanol–water partition coefficient (Wildman–Crippen LogP) is 2.15. The molecule has 1 aromatic heterocycles. The van der Waals surface area contributed by atoms with Crippen LogP contribution in [0.2, 0.25) is 0 Å². The zero-order valence-electron chi connectivity index (χ0n) is 13.1. The van der Waals surface area contributed by atoms with Crippen LogP contribution < -0.4 is 5.32 Å². The number of imidazole rings is 1. The van der Waals surface area contributed by atoms with Crippen LogP contribution in [0.15, 0.2) is 12.4 Å². The van der Waals surface area contributed by atoms with Gasteiger partial charge in [0.2, 0.25) is 0 Å². The number of urea groups is 1. The molecule has 2 heterocycles. The van der Waals surface area contributed by atoms with Crippen LogP contribution in [0, 0.1) is 0 Å². The summed E-state index contributed by atoms with van der Waals surface area (Å²) >= 11 is 0. The Hall–Kier alpha value is -1.77. The van der Waals surface area contributed by atoms with E-state index in [9.17, 15) is 18.0 Å². The molecule has 1 saturated heterocycles. The minimum Gasteiger partial charge on any atom is -0.372 e. The molecular formula is C14H21F3N4O2. The summed E-state index contributed by atoms with van der Waals surface area (Å²) in [6, 6.07) is -0.319. The molecule has 2 unspecified atom stereocenters. The number of rotatable bonds is 4. The third-order valence-electron chi connectivity index (χ3n) is 3.62. The van der Waals surface area contributed by atoms with Gasteiger partial charge in [-0.15, -0.1) is 0 Å². The quantitative estimate of drug-likeness (QED) is 0.918. The standard InChI is InChI=1S/C14H21F3N4O2/c1-3-11-8-21(7-10(2)23-11)13(22)19-6-12-18-4-5-20(12)9-14(15,16)17/h4-5,10-11H,3,6-9H2,1-2H3,(H,19,22). The first kappa shape index (κ1) is 17.6. The normalized spacial score (nSPS) is 22.2. The minimum absolute atomic E-state index is 0.0169. The highest BCUT2D eigenvalue weighted by Gasteiger charge is 2.30. The number of amides is 2. The average Bonchev–Trinajstić information content (AvgIpc) is 2.89. The van der Waals surface area contributed by atoms with E-state index in [1.165, 1.54) is 12.4 Å². The lowest BCUT2D eigenvalue weighted by atomic mass is 10.2. The third-order valence-corrected chi connectivity index (χ3v) is 3.62. The molecule has 0 bridgehead atoms. The number of hydrogen-bond acceptors (Lipinski definition) is 3. The molecule has 1 N–H and O–H groups in total. The number of alkyl halides is 3. The molecule has 1 fully saturated rings. The van der Waals surface area contributed by atoms with Crippen LogP contribution in [0.25, 0.3) is 0 Å². The first-order valence-corrected chi connectivity index (χ1v) is 7.53. The highest BCUT2D eigenvalue weighted by Crippen LogP contribution is 2.18. The fourth-order valence-corrected chi connectivity index (χ4v) is 2.55. The SMILES string of the molecule is CCC1CN(C(=O)NCc2nccn2CC(F)(F)F)CC(C)O1. The first-order valence-electron chi connectivity index (χ1n) is 7.53. The lowest BCUT2D eigenvalue weighted by molar-refractivity contribution is -0.141. The van der Waals surface area contributed by atoms with E-state index in [2.05, 4.69) is 10.3 Å². The maximum Gasteiger partial charge on any atom is 0.406 e. The van der Waals surface area contributed by atoms with Crippen LogP contribution in [0.4, 0.5) is 18.0 Å². The summed E-state index contributed by atoms with van der Waals surface area (Å²) in [6.45, 7) is 3.63. The first-order chi connectivity index (χ1) is 10.8. The Morgan fingerprint density at radius 2 is 2.22 bits per heavy atom. The van der Waals surface area contributed by atoms with Gasteiger partial charge >= 0.3 is 12.2 Å². The van der Waals surface area contributed by atoms with E-state index >= 15 is 0 Å². The monoisotopic (exact) mass is 334 g/mol. The molecule has 2 atom stereocenters. The molecule has 0 aliphatic carbocycles. The molecule has 6 nitrogen and oxygen atoms in total. The third kappa shape index (κ3) is 5.12. The van der Waals surface area contributed by atoms with Crippen LogP contribution in [-0.2, 0) is 17.8 Å². The van der Waals surface area contributed by atoms with Crippen LogP contribution in [-0.4, -0.2) is 52.0 Å². The van der Waals surface area contributed by atoms with Crippen molar-refractivity contribution in [2.24, 2.45) is 0 Å². The molecule has 130 valence electrons. The summed E-state index contributed by atoms with van der Waals surface area (Å²) in [7, 11) is 0. The number of nitrogens with one attached hydrogen (secondary N) is 1. The number of ether oxygens (including phenoxy) is 1. The van der Waals surface area contributed by atoms with E-state index in [1.54, 1.807) is 4.90 Å². The van der Waals surface area contributed by atoms with Crippen LogP contribution in [0.1, 0.15) is 26.1 Å². The van der Waals surface area contributed by atoms with Crippen LogP contribution in [0.3, 0.4) is 0 Å². The van der Waals surface area contributed by atoms with Gasteiger partial charge in [0.1, 0.15) is 12.4 Å². The van der Waals surface area contributed by atoms with Crippen molar-refractivity contribution in [3.63, 3.8) is 0 Å². The summed E-state index contributed by atoms with van der Waals surface area (Å²) in [5, 5.41) is 2.63. The van der Waals surface area contributed by atoms with Crippen molar-refractivity contribution in [2.45, 2.75) is 51.7 Å². The van der Waals surface area contributed by atoms with E-state index in [0.717, 1.165) is 11.0 Å². The summed E-state index contributed by atoms with van der Waals surface area (Å²) in [4.78, 5) is 17.7. The van der Waals surface area contributed by atoms with Crippen molar-refractivity contribution >= 4 is 6.03 Å². The molecule has 0 radical (unpaired) electrons. The van der Waals surface area contributed by atoms with Gasteiger partial charge in [0.15, 0.2) is 0 Å². The summed E-state index contributed by atoms with van der Waals surface area (Å²) < 4.78 is 44.0. The Bertz CT molecular complexity index is 532. The second kappa shape index (κ2) is 7.20. The fourth-order valence-electron chi connectivity index (χ4n) is 2.55. The largest absolute Gasteiger partial charge is 0.406 e. The van der Waals surface area contributed by atoms with Gasteiger partial charge in [-0.2, -0.15) is 13.2 Å². The lowest BCUT2D eigenvalue weighted by Gasteiger charge is -2.36. The number of hydrogen-bond donors (Lipinski definition) is 1. The number of nitrogens with zero attached hydrogens (tertiary/aromatic N) is 3. The van der Waals surface area contributed by atoms with E-state index in [1.807, 2.05) is 13.8 Å². The highest BCUT2D eigenvalue weighted by molar-refractivity contribution is 5.74. The fraction of sp³-hybridized carbons (Fsp3) is 0.714. The van der Waals surface area contributed by atoms with E-state index in [4.69, 9.17) is 4.74 Å². The Labute approximate surface area is 132 Å². The highest BCUT2D eigenvalue weighted by atomic mass is 19.4. The van der Waals surface area contributed by atoms with Crippen molar-refractivity contribution in [2.75, 3.05) is 13.1 Å². The predicted molar refractivity (Wildman–Crippen MR) is 76.7 cm³/mol. The van der Waals surface area contributed by atoms with E-state index < -0.39 is 12.7 Å². The average molecular weight is 334 g/mol. The number of aromatic nitrogens is 2. The van der Waals surface area contributed by atoms with Crippen LogP contribution >= 0.6 is 0 Å². The van der Waals surface area contributed by atoms with Crippen molar-refractivity contribution < 1.29 is 22.7 Å². The Morgan fingerprint density at radius 3 is 2.87 bits per heavy atom. The smallest absolute Gasteiger partial charge is 0.372 e. The van der Waals surface area contributed by atoms with Gasteiger partial charge in [-0.1, -0.05) is 6.92 Å². The maximum atomic E-state index is 12.5. The summed E-state index contributed by atoms with van der Waals surface area (Å²) in [6.07, 6.45) is -1.07. The molecule has 1 aliphatic heterocycles. The maximum absolute atomic E-state index is 12.5. The topological polar surface area (TPSA) is 59.4 Å². The molecular weight excluding hydrogens is 313 g/mol. The number of morpholine rings is 1. The molecule has 2 rings (SSSR count). The molecule has 2 amide bonds. The second-order valence-corrected chi connectivity index (χ2v) is 5.63. The summed E-state index contributed by atoms with van der Waals surface area (Å²) in [5.41, 5.74) is 0. The van der Waals surface area contributed by atoms with E-state index in [0.29, 0.717) is 13.1 Å². The van der Waals surface area contributed by atoms with Gasteiger partial charge < -0.3 is 19.5 Å². The van der Waals surface area contributed by atoms with Gasteiger partial charge in [0, 0.05) is 25.5 Å². The minimum atomic E-state index is -4.33. The lowest BCUT2D eigenvalue weighted by Crippen LogP contribution is -2.52.